The molecule has 4 heterocycles. The number of benzene rings is 2. The molecule has 0 atom stereocenters. The molecule has 0 spiro atoms. The molecule has 2 amide bonds. The predicted octanol–water partition coefficient (Wildman–Crippen LogP) is 4.14. The molecule has 0 unspecified atom stereocenters. The summed E-state index contributed by atoms with van der Waals surface area (Å²) in [5, 5.41) is 14.2. The van der Waals surface area contributed by atoms with Gasteiger partial charge in [0.25, 0.3) is 5.91 Å². The molecule has 2 aliphatic rings. The van der Waals surface area contributed by atoms with Crippen LogP contribution in [0.3, 0.4) is 0 Å². The van der Waals surface area contributed by atoms with E-state index < -0.39 is 18.0 Å². The monoisotopic (exact) mass is 655 g/mol. The Morgan fingerprint density at radius 1 is 1.06 bits per heavy atom. The maximum absolute atomic E-state index is 13.6. The molecular formula is C34H37N7O7. The highest BCUT2D eigenvalue weighted by Gasteiger charge is 2.52. The molecule has 2 aliphatic heterocycles. The molecule has 48 heavy (non-hydrogen) atoms. The van der Waals surface area contributed by atoms with Crippen molar-refractivity contribution >= 4 is 46.3 Å². The third-order valence-electron chi connectivity index (χ3n) is 8.40. The van der Waals surface area contributed by atoms with Crippen molar-refractivity contribution in [2.24, 2.45) is 7.05 Å². The molecule has 0 saturated carbocycles. The summed E-state index contributed by atoms with van der Waals surface area (Å²) >= 11 is 0. The number of hydrogen-bond acceptors (Lipinski definition) is 11. The summed E-state index contributed by atoms with van der Waals surface area (Å²) in [5.41, 5.74) is 2.41. The lowest BCUT2D eigenvalue weighted by molar-refractivity contribution is -0.142. The number of anilines is 2. The van der Waals surface area contributed by atoms with Crippen LogP contribution in [0.25, 0.3) is 11.0 Å². The van der Waals surface area contributed by atoms with Crippen LogP contribution in [0, 0.1) is 5.41 Å². The number of pyridine rings is 1. The first-order valence-electron chi connectivity index (χ1n) is 15.8. The summed E-state index contributed by atoms with van der Waals surface area (Å²) in [6.45, 7) is 3.44. The van der Waals surface area contributed by atoms with Crippen molar-refractivity contribution in [3.05, 3.63) is 83.8 Å². The molecule has 6 rings (SSSR count). The van der Waals surface area contributed by atoms with E-state index in [1.807, 2.05) is 29.8 Å². The standard InChI is InChI=1S/C34H37N7O7/c1-3-45-29(42)13-17-41(27-6-4-5-16-36-27)31(43)23-9-12-26-25(20-23)38-28(40(26)2)21-37-24-10-7-22(8-11-24)30(35)39-33(44)48-34-14-18-46-32(34)47-19-15-34/h4-12,16,20,32,37H,3,13-15,17-19,21H2,1-2H3,(H2,35,39,44). The zero-order chi connectivity index (χ0) is 33.7. The van der Waals surface area contributed by atoms with Crippen molar-refractivity contribution < 1.29 is 33.3 Å². The van der Waals surface area contributed by atoms with Crippen LogP contribution in [-0.4, -0.2) is 76.6 Å². The summed E-state index contributed by atoms with van der Waals surface area (Å²) in [6, 6.07) is 17.7. The number of nitrogens with zero attached hydrogens (tertiary/aromatic N) is 4. The summed E-state index contributed by atoms with van der Waals surface area (Å²) in [7, 11) is 1.90. The fourth-order valence-corrected chi connectivity index (χ4v) is 5.83. The Labute approximate surface area is 276 Å². The Bertz CT molecular complexity index is 1800. The minimum absolute atomic E-state index is 0.0374. The Morgan fingerprint density at radius 2 is 1.81 bits per heavy atom. The van der Waals surface area contributed by atoms with E-state index in [1.165, 1.54) is 4.90 Å². The van der Waals surface area contributed by atoms with Gasteiger partial charge in [-0.25, -0.2) is 14.8 Å². The van der Waals surface area contributed by atoms with Gasteiger partial charge in [0, 0.05) is 49.4 Å². The Kier molecular flexibility index (Phi) is 9.64. The van der Waals surface area contributed by atoms with Gasteiger partial charge in [0.05, 0.1) is 43.8 Å². The predicted molar refractivity (Wildman–Crippen MR) is 176 cm³/mol. The van der Waals surface area contributed by atoms with E-state index in [4.69, 9.17) is 29.3 Å². The number of esters is 1. The Balaban J connectivity index is 1.08. The van der Waals surface area contributed by atoms with Gasteiger partial charge in [-0.05, 0) is 61.5 Å². The molecule has 0 radical (unpaired) electrons. The van der Waals surface area contributed by atoms with E-state index in [9.17, 15) is 14.4 Å². The first-order chi connectivity index (χ1) is 23.3. The van der Waals surface area contributed by atoms with Crippen LogP contribution >= 0.6 is 0 Å². The van der Waals surface area contributed by atoms with Gasteiger partial charge < -0.3 is 28.8 Å². The number of nitrogens with one attached hydrogen (secondary N) is 3. The molecule has 2 saturated heterocycles. The average Bonchev–Trinajstić information content (AvgIpc) is 3.76. The number of ether oxygens (including phenoxy) is 4. The van der Waals surface area contributed by atoms with Crippen molar-refractivity contribution in [3.63, 3.8) is 0 Å². The number of amides is 2. The number of aromatic nitrogens is 3. The fourth-order valence-electron chi connectivity index (χ4n) is 5.83. The SMILES string of the molecule is CCOC(=O)CCN(C(=O)c1ccc2c(c1)nc(CNc1ccc(C(=N)NC(=O)OC34CCOC3OCC4)cc1)n2C)c1ccccn1. The lowest BCUT2D eigenvalue weighted by Crippen LogP contribution is -2.43. The number of amidine groups is 1. The van der Waals surface area contributed by atoms with Gasteiger partial charge in [-0.15, -0.1) is 0 Å². The minimum Gasteiger partial charge on any atom is -0.466 e. The maximum Gasteiger partial charge on any atom is 0.413 e. The third-order valence-corrected chi connectivity index (χ3v) is 8.40. The van der Waals surface area contributed by atoms with Crippen LogP contribution in [0.5, 0.6) is 0 Å². The molecule has 14 heteroatoms. The average molecular weight is 656 g/mol. The summed E-state index contributed by atoms with van der Waals surface area (Å²) < 4.78 is 23.6. The number of alkyl carbamates (subject to hydrolysis) is 1. The van der Waals surface area contributed by atoms with Crippen molar-refractivity contribution in [2.75, 3.05) is 36.6 Å². The van der Waals surface area contributed by atoms with Crippen LogP contribution in [0.15, 0.2) is 66.9 Å². The number of aryl methyl sites for hydroxylation is 1. The topological polar surface area (TPSA) is 170 Å². The quantitative estimate of drug-likeness (QED) is 0.121. The van der Waals surface area contributed by atoms with E-state index in [0.29, 0.717) is 55.1 Å². The van der Waals surface area contributed by atoms with E-state index in [1.54, 1.807) is 55.6 Å². The smallest absolute Gasteiger partial charge is 0.413 e. The molecule has 14 nitrogen and oxygen atoms in total. The number of hydrogen-bond donors (Lipinski definition) is 3. The van der Waals surface area contributed by atoms with Crippen molar-refractivity contribution in [1.29, 1.82) is 5.41 Å². The van der Waals surface area contributed by atoms with Crippen molar-refractivity contribution in [3.8, 4) is 0 Å². The minimum atomic E-state index is -0.795. The molecule has 2 aromatic carbocycles. The highest BCUT2D eigenvalue weighted by Crippen LogP contribution is 2.38. The summed E-state index contributed by atoms with van der Waals surface area (Å²) in [6.07, 6.45) is 1.49. The van der Waals surface area contributed by atoms with Crippen molar-refractivity contribution in [2.45, 2.75) is 44.6 Å². The van der Waals surface area contributed by atoms with Gasteiger partial charge in [0.1, 0.15) is 17.5 Å². The second kappa shape index (κ2) is 14.2. The molecule has 0 aliphatic carbocycles. The lowest BCUT2D eigenvalue weighted by Gasteiger charge is -2.25. The van der Waals surface area contributed by atoms with Crippen LogP contribution in [-0.2, 0) is 37.3 Å². The maximum atomic E-state index is 13.6. The van der Waals surface area contributed by atoms with Gasteiger partial charge in [0.2, 0.25) is 0 Å². The number of rotatable bonds is 11. The highest BCUT2D eigenvalue weighted by atomic mass is 16.7. The molecule has 4 aromatic rings. The number of imidazole rings is 1. The van der Waals surface area contributed by atoms with Crippen molar-refractivity contribution in [1.82, 2.24) is 19.9 Å². The van der Waals surface area contributed by atoms with Crippen LogP contribution in [0.2, 0.25) is 0 Å². The second-order valence-electron chi connectivity index (χ2n) is 11.4. The molecule has 3 N–H and O–H groups in total. The zero-order valence-electron chi connectivity index (χ0n) is 26.7. The van der Waals surface area contributed by atoms with Gasteiger partial charge >= 0.3 is 12.1 Å². The van der Waals surface area contributed by atoms with E-state index >= 15 is 0 Å². The van der Waals surface area contributed by atoms with Crippen LogP contribution in [0.4, 0.5) is 16.3 Å². The first-order valence-corrected chi connectivity index (χ1v) is 15.8. The van der Waals surface area contributed by atoms with Gasteiger partial charge in [-0.2, -0.15) is 0 Å². The van der Waals surface area contributed by atoms with Gasteiger partial charge in [-0.3, -0.25) is 25.2 Å². The Morgan fingerprint density at radius 3 is 2.52 bits per heavy atom. The fraction of sp³-hybridized carbons (Fsp3) is 0.353. The van der Waals surface area contributed by atoms with Gasteiger partial charge in [0.15, 0.2) is 11.9 Å². The van der Waals surface area contributed by atoms with Gasteiger partial charge in [-0.1, -0.05) is 6.07 Å². The molecule has 0 bridgehead atoms. The lowest BCUT2D eigenvalue weighted by atomic mass is 10.00. The van der Waals surface area contributed by atoms with E-state index in [-0.39, 0.29) is 37.3 Å². The van der Waals surface area contributed by atoms with Crippen LogP contribution < -0.4 is 15.5 Å². The molecular weight excluding hydrogens is 618 g/mol. The molecule has 2 aromatic heterocycles. The highest BCUT2D eigenvalue weighted by molar-refractivity contribution is 6.07. The Hall–Kier alpha value is -5.34. The first kappa shape index (κ1) is 32.6. The summed E-state index contributed by atoms with van der Waals surface area (Å²) in [5.74, 6) is 0.402. The number of carbonyl (C=O) groups is 3. The third kappa shape index (κ3) is 6.99. The van der Waals surface area contributed by atoms with E-state index in [0.717, 1.165) is 17.0 Å². The summed E-state index contributed by atoms with van der Waals surface area (Å²) in [4.78, 5) is 48.8. The van der Waals surface area contributed by atoms with E-state index in [2.05, 4.69) is 15.6 Å². The normalized spacial score (nSPS) is 18.2. The largest absolute Gasteiger partial charge is 0.466 e. The van der Waals surface area contributed by atoms with Crippen LogP contribution in [0.1, 0.15) is 47.9 Å². The second-order valence-corrected chi connectivity index (χ2v) is 11.4. The number of carbonyl (C=O) groups excluding carboxylic acids is 3. The zero-order valence-corrected chi connectivity index (χ0v) is 26.7. The molecule has 250 valence electrons. The number of fused-ring (bicyclic) bond motifs is 2. The molecule has 2 fully saturated rings.